The van der Waals surface area contributed by atoms with E-state index in [9.17, 15) is 40.2 Å². The van der Waals surface area contributed by atoms with E-state index in [1.54, 1.807) is 0 Å². The minimum Gasteiger partial charge on any atom is -0.394 e. The number of aliphatic hydroxyl groups excluding tert-OH is 6. The molecule has 0 spiro atoms. The fourth-order valence-electron chi connectivity index (χ4n) is 3.33. The maximum absolute atomic E-state index is 12.7. The second kappa shape index (κ2) is 9.73. The number of nitrogens with two attached hydrogens (primary N) is 1. The van der Waals surface area contributed by atoms with Crippen LogP contribution in [0.5, 0.6) is 0 Å². The van der Waals surface area contributed by atoms with Gasteiger partial charge in [0, 0.05) is 0 Å². The normalized spacial score (nSPS) is 34.4. The first-order chi connectivity index (χ1) is 13.7. The number of amides is 1. The predicted molar refractivity (Wildman–Crippen MR) is 93.6 cm³/mol. The highest BCUT2D eigenvalue weighted by atomic mass is 16.6. The molecule has 0 aromatic carbocycles. The van der Waals surface area contributed by atoms with E-state index < -0.39 is 74.6 Å². The van der Waals surface area contributed by atoms with E-state index in [-0.39, 0.29) is 12.5 Å². The lowest BCUT2D eigenvalue weighted by Crippen LogP contribution is -2.68. The molecular weight excluding hydrogens is 394 g/mol. The molecule has 1 amide bonds. The second-order valence-corrected chi connectivity index (χ2v) is 6.69. The van der Waals surface area contributed by atoms with Gasteiger partial charge in [-0.25, -0.2) is 0 Å². The Morgan fingerprint density at radius 3 is 2.45 bits per heavy atom. The summed E-state index contributed by atoms with van der Waals surface area (Å²) >= 11 is 0. The first kappa shape index (κ1) is 23.4. The lowest BCUT2D eigenvalue weighted by Gasteiger charge is -2.47. The summed E-state index contributed by atoms with van der Waals surface area (Å²) in [5.74, 6) is -1.30. The van der Waals surface area contributed by atoms with Gasteiger partial charge in [0.2, 0.25) is 12.2 Å². The summed E-state index contributed by atoms with van der Waals surface area (Å²) in [7, 11) is 0. The second-order valence-electron chi connectivity index (χ2n) is 6.69. The zero-order valence-corrected chi connectivity index (χ0v) is 15.3. The van der Waals surface area contributed by atoms with E-state index in [2.05, 4.69) is 5.32 Å². The highest BCUT2D eigenvalue weighted by Crippen LogP contribution is 2.28. The first-order valence-corrected chi connectivity index (χ1v) is 8.81. The Bertz CT molecular complexity index is 609. The van der Waals surface area contributed by atoms with Crippen LogP contribution in [0.15, 0.2) is 0 Å². The zero-order valence-electron chi connectivity index (χ0n) is 15.3. The SMILES string of the molecule is N=C1NCC(N(C(=O)[C@@H](N)CO)[C@H]([C]=O)CO)N1C1OC(CO)C(O)C(O)C1O. The molecule has 0 aromatic rings. The van der Waals surface area contributed by atoms with Crippen LogP contribution in [0.2, 0.25) is 0 Å². The van der Waals surface area contributed by atoms with Crippen LogP contribution in [0.3, 0.4) is 0 Å². The lowest BCUT2D eigenvalue weighted by molar-refractivity contribution is -0.262. The summed E-state index contributed by atoms with van der Waals surface area (Å²) in [4.78, 5) is 25.8. The number of aliphatic hydroxyl groups is 6. The van der Waals surface area contributed by atoms with Gasteiger partial charge in [0.15, 0.2) is 12.2 Å². The molecule has 2 rings (SSSR count). The number of nitrogens with one attached hydrogen (secondary N) is 2. The molecule has 2 heterocycles. The Morgan fingerprint density at radius 2 is 1.93 bits per heavy atom. The maximum atomic E-state index is 12.7. The number of nitrogens with zero attached hydrogens (tertiary/aromatic N) is 2. The summed E-state index contributed by atoms with van der Waals surface area (Å²) in [5.41, 5.74) is 5.57. The largest absolute Gasteiger partial charge is 0.394 e. The van der Waals surface area contributed by atoms with Crippen molar-refractivity contribution in [3.63, 3.8) is 0 Å². The van der Waals surface area contributed by atoms with Gasteiger partial charge in [-0.2, -0.15) is 0 Å². The fraction of sp³-hybridized carbons (Fsp3) is 0.800. The molecule has 2 aliphatic rings. The van der Waals surface area contributed by atoms with Crippen LogP contribution in [-0.2, 0) is 14.3 Å². The van der Waals surface area contributed by atoms with Crippen LogP contribution in [0.25, 0.3) is 0 Å². The molecule has 165 valence electrons. The van der Waals surface area contributed by atoms with Gasteiger partial charge in [-0.3, -0.25) is 19.9 Å². The van der Waals surface area contributed by atoms with Gasteiger partial charge >= 0.3 is 0 Å². The van der Waals surface area contributed by atoms with Crippen molar-refractivity contribution in [3.05, 3.63) is 0 Å². The number of hydrogen-bond acceptors (Lipinski definition) is 11. The van der Waals surface area contributed by atoms with Crippen molar-refractivity contribution < 1.29 is 45.0 Å². The van der Waals surface area contributed by atoms with Crippen LogP contribution in [0.4, 0.5) is 0 Å². The Morgan fingerprint density at radius 1 is 1.28 bits per heavy atom. The van der Waals surface area contributed by atoms with Crippen molar-refractivity contribution >= 4 is 18.2 Å². The van der Waals surface area contributed by atoms with Crippen molar-refractivity contribution in [1.29, 1.82) is 5.41 Å². The molecule has 6 unspecified atom stereocenters. The molecule has 2 saturated heterocycles. The number of carbonyl (C=O) groups excluding carboxylic acids is 2. The summed E-state index contributed by atoms with van der Waals surface area (Å²) < 4.78 is 5.43. The molecule has 0 aliphatic carbocycles. The number of guanidine groups is 1. The van der Waals surface area contributed by atoms with Crippen molar-refractivity contribution in [1.82, 2.24) is 15.1 Å². The van der Waals surface area contributed by atoms with Gasteiger partial charge in [-0.1, -0.05) is 0 Å². The van der Waals surface area contributed by atoms with E-state index in [1.807, 2.05) is 0 Å². The molecule has 2 fully saturated rings. The van der Waals surface area contributed by atoms with Crippen molar-refractivity contribution in [3.8, 4) is 0 Å². The maximum Gasteiger partial charge on any atom is 0.244 e. The molecule has 1 radical (unpaired) electrons. The molecular formula is C15H26N5O9. The molecule has 0 aromatic heterocycles. The molecule has 8 atom stereocenters. The van der Waals surface area contributed by atoms with Gasteiger partial charge in [0.05, 0.1) is 26.4 Å². The Hall–Kier alpha value is -1.91. The molecule has 14 nitrogen and oxygen atoms in total. The molecule has 2 aliphatic heterocycles. The number of ether oxygens (including phenoxy) is 1. The summed E-state index contributed by atoms with van der Waals surface area (Å²) in [6, 6.07) is -2.95. The topological polar surface area (TPSA) is 233 Å². The van der Waals surface area contributed by atoms with E-state index in [4.69, 9.17) is 15.9 Å². The molecule has 14 heteroatoms. The lowest BCUT2D eigenvalue weighted by atomic mass is 9.97. The van der Waals surface area contributed by atoms with E-state index in [1.165, 1.54) is 6.29 Å². The number of rotatable bonds is 8. The van der Waals surface area contributed by atoms with Crippen LogP contribution in [0.1, 0.15) is 0 Å². The molecule has 0 bridgehead atoms. The summed E-state index contributed by atoms with van der Waals surface area (Å²) in [6.45, 7) is -2.46. The van der Waals surface area contributed by atoms with Gasteiger partial charge < -0.3 is 51.3 Å². The average Bonchev–Trinajstić information content (AvgIpc) is 3.10. The Kier molecular flexibility index (Phi) is 7.84. The quantitative estimate of drug-likeness (QED) is 0.178. The van der Waals surface area contributed by atoms with Gasteiger partial charge in [0.25, 0.3) is 0 Å². The van der Waals surface area contributed by atoms with Gasteiger partial charge in [0.1, 0.15) is 42.7 Å². The van der Waals surface area contributed by atoms with Crippen molar-refractivity contribution in [2.75, 3.05) is 26.4 Å². The Balaban J connectivity index is 2.42. The standard InChI is InChI=1S/C15H26N5O9/c16-7(4-23)13(28)19(6(2-21)3-22)9-1-18-15(17)20(9)14-12(27)11(26)10(25)8(5-24)29-14/h6-12,14,21,23-27H,1-2,4-5,16H2,(H2,17,18)/t6-,7-,8?,9?,10?,11?,12?,14?/m0/s1. The third-order valence-corrected chi connectivity index (χ3v) is 4.91. The van der Waals surface area contributed by atoms with E-state index >= 15 is 0 Å². The van der Waals surface area contributed by atoms with Crippen molar-refractivity contribution in [2.45, 2.75) is 48.9 Å². The third-order valence-electron chi connectivity index (χ3n) is 4.91. The molecule has 29 heavy (non-hydrogen) atoms. The monoisotopic (exact) mass is 420 g/mol. The zero-order chi connectivity index (χ0) is 21.9. The predicted octanol–water partition coefficient (Wildman–Crippen LogP) is -6.43. The molecule has 0 saturated carbocycles. The van der Waals surface area contributed by atoms with Gasteiger partial charge in [-0.05, 0) is 0 Å². The van der Waals surface area contributed by atoms with E-state index in [0.29, 0.717) is 0 Å². The first-order valence-electron chi connectivity index (χ1n) is 8.81. The van der Waals surface area contributed by atoms with Crippen LogP contribution in [-0.4, -0.2) is 134 Å². The average molecular weight is 420 g/mol. The molecule has 10 N–H and O–H groups in total. The minimum absolute atomic E-state index is 0.157. The highest BCUT2D eigenvalue weighted by Gasteiger charge is 2.51. The van der Waals surface area contributed by atoms with Crippen molar-refractivity contribution in [2.24, 2.45) is 5.73 Å². The van der Waals surface area contributed by atoms with Crippen LogP contribution < -0.4 is 11.1 Å². The van der Waals surface area contributed by atoms with Crippen LogP contribution >= 0.6 is 0 Å². The Labute approximate surface area is 165 Å². The smallest absolute Gasteiger partial charge is 0.244 e. The van der Waals surface area contributed by atoms with Gasteiger partial charge in [-0.15, -0.1) is 0 Å². The van der Waals surface area contributed by atoms with E-state index in [0.717, 1.165) is 9.80 Å². The number of hydrogen-bond donors (Lipinski definition) is 9. The fourth-order valence-corrected chi connectivity index (χ4v) is 3.33. The summed E-state index contributed by atoms with van der Waals surface area (Å²) in [5, 5.41) is 69.1. The minimum atomic E-state index is -1.76. The third kappa shape index (κ3) is 4.34. The summed E-state index contributed by atoms with van der Waals surface area (Å²) in [6.07, 6.45) is -7.65. The van der Waals surface area contributed by atoms with Crippen LogP contribution in [0, 0.1) is 5.41 Å². The highest BCUT2D eigenvalue weighted by molar-refractivity contribution is 5.87. The number of carbonyl (C=O) groups is 1.